The number of aryl methyl sites for hydroxylation is 1. The zero-order chi connectivity index (χ0) is 12.6. The molecular weight excluding hydrogens is 250 g/mol. The number of hydrogen-bond donors (Lipinski definition) is 2. The molecule has 1 radical (unpaired) electrons. The van der Waals surface area contributed by atoms with Crippen LogP contribution in [0.4, 0.5) is 0 Å². The van der Waals surface area contributed by atoms with E-state index in [4.69, 9.17) is 0 Å². The number of aromatic hydroxyl groups is 1. The first-order valence-corrected chi connectivity index (χ1v) is 9.04. The highest BCUT2D eigenvalue weighted by Crippen LogP contribution is 2.25. The van der Waals surface area contributed by atoms with Crippen molar-refractivity contribution in [2.24, 2.45) is 0 Å². The Kier molecular flexibility index (Phi) is 3.39. The number of H-pyrrole nitrogens is 1. The lowest BCUT2D eigenvalue weighted by molar-refractivity contribution is 0.479. The Morgan fingerprint density at radius 1 is 1.47 bits per heavy atom. The molecule has 0 amide bonds. The standard InChI is InChI=1S/C12H16NO2SSi/c1-4-5-7-10-9(16-12(15)13-10)6-8(14)11(7)17(2)3/h6,14H,4-5H2,1-3H3,(H,13,15). The molecule has 0 atom stereocenters. The average molecular weight is 266 g/mol. The van der Waals surface area contributed by atoms with E-state index in [-0.39, 0.29) is 4.87 Å². The third-order valence-corrected chi connectivity index (χ3v) is 5.19. The maximum atomic E-state index is 11.4. The van der Waals surface area contributed by atoms with Gasteiger partial charge in [0.25, 0.3) is 0 Å². The van der Waals surface area contributed by atoms with Crippen molar-refractivity contribution in [2.75, 3.05) is 0 Å². The summed E-state index contributed by atoms with van der Waals surface area (Å²) in [6, 6.07) is 1.73. The number of hydrogen-bond acceptors (Lipinski definition) is 3. The summed E-state index contributed by atoms with van der Waals surface area (Å²) in [5.41, 5.74) is 2.07. The van der Waals surface area contributed by atoms with Gasteiger partial charge in [0.1, 0.15) is 5.75 Å². The molecule has 17 heavy (non-hydrogen) atoms. The second-order valence-corrected chi connectivity index (χ2v) is 7.90. The predicted octanol–water partition coefficient (Wildman–Crippen LogP) is 2.21. The van der Waals surface area contributed by atoms with Gasteiger partial charge in [-0.2, -0.15) is 0 Å². The lowest BCUT2D eigenvalue weighted by atomic mass is 10.1. The van der Waals surface area contributed by atoms with Gasteiger partial charge in [-0.05, 0) is 23.2 Å². The summed E-state index contributed by atoms with van der Waals surface area (Å²) in [6.07, 6.45) is 1.92. The number of phenolic OH excluding ortho intramolecular Hbond substituents is 1. The molecule has 0 aliphatic rings. The van der Waals surface area contributed by atoms with Crippen LogP contribution in [0.15, 0.2) is 10.9 Å². The third kappa shape index (κ3) is 2.17. The van der Waals surface area contributed by atoms with Crippen LogP contribution in [0.1, 0.15) is 18.9 Å². The molecule has 0 bridgehead atoms. The van der Waals surface area contributed by atoms with Crippen LogP contribution in [0, 0.1) is 0 Å². The summed E-state index contributed by atoms with van der Waals surface area (Å²) < 4.78 is 0.864. The number of rotatable bonds is 3. The van der Waals surface area contributed by atoms with Crippen molar-refractivity contribution in [3.63, 3.8) is 0 Å². The molecule has 3 nitrogen and oxygen atoms in total. The molecule has 0 aliphatic heterocycles. The second-order valence-electron chi connectivity index (χ2n) is 4.39. The number of benzene rings is 1. The Labute approximate surface area is 106 Å². The zero-order valence-corrected chi connectivity index (χ0v) is 12.1. The highest BCUT2D eigenvalue weighted by molar-refractivity contribution is 7.16. The van der Waals surface area contributed by atoms with E-state index in [1.807, 2.05) is 0 Å². The second kappa shape index (κ2) is 4.66. The lowest BCUT2D eigenvalue weighted by Gasteiger charge is -2.14. The summed E-state index contributed by atoms with van der Waals surface area (Å²) >= 11 is 1.17. The molecule has 91 valence electrons. The minimum Gasteiger partial charge on any atom is -0.508 e. The molecule has 2 rings (SSSR count). The summed E-state index contributed by atoms with van der Waals surface area (Å²) in [5, 5.41) is 11.2. The third-order valence-electron chi connectivity index (χ3n) is 2.80. The molecular formula is C12H16NO2SSi. The SMILES string of the molecule is CCCc1c([Si](C)C)c(O)cc2sc(=O)[nH]c12. The van der Waals surface area contributed by atoms with E-state index in [0.29, 0.717) is 5.75 Å². The van der Waals surface area contributed by atoms with Crippen LogP contribution in [0.3, 0.4) is 0 Å². The zero-order valence-electron chi connectivity index (χ0n) is 10.3. The van der Waals surface area contributed by atoms with Crippen molar-refractivity contribution in [2.45, 2.75) is 32.9 Å². The molecule has 1 aromatic carbocycles. The van der Waals surface area contributed by atoms with Gasteiger partial charge < -0.3 is 10.1 Å². The summed E-state index contributed by atoms with van der Waals surface area (Å²) in [5.74, 6) is 0.357. The lowest BCUT2D eigenvalue weighted by Crippen LogP contribution is -2.27. The van der Waals surface area contributed by atoms with Crippen LogP contribution >= 0.6 is 11.3 Å². The van der Waals surface area contributed by atoms with Crippen molar-refractivity contribution in [3.8, 4) is 5.75 Å². The molecule has 5 heteroatoms. The van der Waals surface area contributed by atoms with Crippen molar-refractivity contribution < 1.29 is 5.11 Å². The minimum atomic E-state index is -0.742. The predicted molar refractivity (Wildman–Crippen MR) is 75.2 cm³/mol. The topological polar surface area (TPSA) is 53.1 Å². The molecule has 0 aliphatic carbocycles. The van der Waals surface area contributed by atoms with Gasteiger partial charge in [-0.3, -0.25) is 4.79 Å². The largest absolute Gasteiger partial charge is 0.508 e. The number of thiazole rings is 1. The van der Waals surface area contributed by atoms with Crippen LogP contribution < -0.4 is 10.1 Å². The molecule has 0 saturated heterocycles. The quantitative estimate of drug-likeness (QED) is 0.837. The molecule has 0 spiro atoms. The van der Waals surface area contributed by atoms with E-state index < -0.39 is 8.80 Å². The van der Waals surface area contributed by atoms with Crippen molar-refractivity contribution in [1.29, 1.82) is 0 Å². The summed E-state index contributed by atoms with van der Waals surface area (Å²) in [4.78, 5) is 14.3. The summed E-state index contributed by atoms with van der Waals surface area (Å²) in [7, 11) is -0.742. The maximum absolute atomic E-state index is 11.4. The van der Waals surface area contributed by atoms with Crippen molar-refractivity contribution in [3.05, 3.63) is 21.3 Å². The number of phenols is 1. The molecule has 0 saturated carbocycles. The first kappa shape index (κ1) is 12.4. The highest BCUT2D eigenvalue weighted by atomic mass is 32.1. The average Bonchev–Trinajstić information content (AvgIpc) is 2.58. The highest BCUT2D eigenvalue weighted by Gasteiger charge is 2.17. The smallest absolute Gasteiger partial charge is 0.305 e. The van der Waals surface area contributed by atoms with Crippen molar-refractivity contribution in [1.82, 2.24) is 4.98 Å². The van der Waals surface area contributed by atoms with Gasteiger partial charge in [-0.1, -0.05) is 37.8 Å². The Balaban J connectivity index is 2.82. The monoisotopic (exact) mass is 266 g/mol. The number of aromatic amines is 1. The van der Waals surface area contributed by atoms with Crippen LogP contribution in [0.5, 0.6) is 5.75 Å². The molecule has 1 heterocycles. The van der Waals surface area contributed by atoms with Gasteiger partial charge in [0.15, 0.2) is 0 Å². The Morgan fingerprint density at radius 3 is 2.76 bits per heavy atom. The van der Waals surface area contributed by atoms with Crippen LogP contribution in [-0.4, -0.2) is 18.9 Å². The molecule has 2 N–H and O–H groups in total. The summed E-state index contributed by atoms with van der Waals surface area (Å²) in [6.45, 7) is 6.44. The minimum absolute atomic E-state index is 0.0464. The fourth-order valence-electron chi connectivity index (χ4n) is 2.20. The van der Waals surface area contributed by atoms with Crippen LogP contribution in [0.25, 0.3) is 10.2 Å². The van der Waals surface area contributed by atoms with Gasteiger partial charge in [0, 0.05) is 0 Å². The number of nitrogens with one attached hydrogen (secondary N) is 1. The van der Waals surface area contributed by atoms with E-state index >= 15 is 0 Å². The fraction of sp³-hybridized carbons (Fsp3) is 0.417. The van der Waals surface area contributed by atoms with Crippen molar-refractivity contribution >= 4 is 35.5 Å². The number of aromatic nitrogens is 1. The molecule has 1 aromatic heterocycles. The maximum Gasteiger partial charge on any atom is 0.305 e. The van der Waals surface area contributed by atoms with E-state index in [9.17, 15) is 9.90 Å². The van der Waals surface area contributed by atoms with Crippen LogP contribution in [0.2, 0.25) is 13.1 Å². The molecule has 2 aromatic rings. The molecule has 0 unspecified atom stereocenters. The van der Waals surface area contributed by atoms with Gasteiger partial charge in [0.2, 0.25) is 0 Å². The van der Waals surface area contributed by atoms with Gasteiger partial charge in [-0.15, -0.1) is 0 Å². The molecule has 0 fully saturated rings. The Morgan fingerprint density at radius 2 is 2.18 bits per heavy atom. The Bertz CT molecular complexity index is 600. The Hall–Kier alpha value is -1.07. The first-order chi connectivity index (χ1) is 8.04. The van der Waals surface area contributed by atoms with Gasteiger partial charge in [-0.25, -0.2) is 0 Å². The normalized spacial score (nSPS) is 11.5. The fourth-order valence-corrected chi connectivity index (χ4v) is 4.44. The van der Waals surface area contributed by atoms with Gasteiger partial charge in [0.05, 0.1) is 19.0 Å². The van der Waals surface area contributed by atoms with Gasteiger partial charge >= 0.3 is 4.87 Å². The first-order valence-electron chi connectivity index (χ1n) is 5.72. The van der Waals surface area contributed by atoms with E-state index in [1.165, 1.54) is 11.3 Å². The number of fused-ring (bicyclic) bond motifs is 1. The van der Waals surface area contributed by atoms with E-state index in [0.717, 1.165) is 33.8 Å². The van der Waals surface area contributed by atoms with E-state index in [2.05, 4.69) is 25.0 Å². The van der Waals surface area contributed by atoms with Crippen LogP contribution in [-0.2, 0) is 6.42 Å². The van der Waals surface area contributed by atoms with E-state index in [1.54, 1.807) is 6.07 Å².